The second-order valence-electron chi connectivity index (χ2n) is 6.50. The van der Waals surface area contributed by atoms with Crippen LogP contribution in [0.25, 0.3) is 0 Å². The van der Waals surface area contributed by atoms with Gasteiger partial charge in [0, 0.05) is 25.7 Å². The number of anilines is 1. The quantitative estimate of drug-likeness (QED) is 0.918. The minimum Gasteiger partial charge on any atom is -0.503 e. The number of fused-ring (bicyclic) bond motifs is 4. The Morgan fingerprint density at radius 2 is 2.00 bits per heavy atom. The number of aromatic hydroxyl groups is 1. The van der Waals surface area contributed by atoms with Crippen molar-refractivity contribution in [3.05, 3.63) is 45.9 Å². The molecule has 2 aliphatic heterocycles. The van der Waals surface area contributed by atoms with Crippen molar-refractivity contribution >= 4 is 5.82 Å². The van der Waals surface area contributed by atoms with E-state index in [1.807, 2.05) is 0 Å². The molecule has 2 aliphatic rings. The minimum atomic E-state index is -1.06. The number of halogens is 2. The first-order valence-corrected chi connectivity index (χ1v) is 8.18. The fourth-order valence-electron chi connectivity index (χ4n) is 3.52. The molecule has 1 saturated heterocycles. The van der Waals surface area contributed by atoms with E-state index in [1.54, 1.807) is 10.6 Å². The highest BCUT2D eigenvalue weighted by molar-refractivity contribution is 5.44. The van der Waals surface area contributed by atoms with Gasteiger partial charge in [-0.25, -0.2) is 13.6 Å². The van der Waals surface area contributed by atoms with E-state index in [-0.39, 0.29) is 23.7 Å². The summed E-state index contributed by atoms with van der Waals surface area (Å²) < 4.78 is 33.9. The molecule has 0 spiro atoms. The molecular weight excluding hydrogens is 332 g/mol. The number of nitrogens with zero attached hydrogens (tertiary/aromatic N) is 3. The lowest BCUT2D eigenvalue weighted by atomic mass is 9.96. The third-order valence-electron chi connectivity index (χ3n) is 4.71. The second-order valence-corrected chi connectivity index (χ2v) is 6.50. The van der Waals surface area contributed by atoms with Gasteiger partial charge in [0.05, 0.1) is 0 Å². The molecule has 1 aromatic heterocycles. The average molecular weight is 349 g/mol. The Bertz CT molecular complexity index is 861. The van der Waals surface area contributed by atoms with Crippen molar-refractivity contribution in [2.75, 3.05) is 18.0 Å². The van der Waals surface area contributed by atoms with Gasteiger partial charge >= 0.3 is 5.69 Å². The minimum absolute atomic E-state index is 0.120. The molecule has 0 aliphatic carbocycles. The van der Waals surface area contributed by atoms with Crippen molar-refractivity contribution in [1.82, 2.24) is 9.55 Å². The summed E-state index contributed by atoms with van der Waals surface area (Å²) in [6, 6.07) is 3.66. The van der Waals surface area contributed by atoms with Crippen molar-refractivity contribution in [3.63, 3.8) is 0 Å². The van der Waals surface area contributed by atoms with E-state index >= 15 is 0 Å². The Morgan fingerprint density at radius 1 is 1.24 bits per heavy atom. The molecule has 2 aromatic rings. The summed E-state index contributed by atoms with van der Waals surface area (Å²) in [6.07, 6.45) is 2.20. The Balaban J connectivity index is 1.58. The van der Waals surface area contributed by atoms with Crippen LogP contribution in [0.1, 0.15) is 18.4 Å². The molecule has 2 bridgehead atoms. The zero-order valence-electron chi connectivity index (χ0n) is 13.4. The Morgan fingerprint density at radius 3 is 2.76 bits per heavy atom. The summed E-state index contributed by atoms with van der Waals surface area (Å²) in [4.78, 5) is 18.3. The van der Waals surface area contributed by atoms with Crippen LogP contribution >= 0.6 is 0 Å². The van der Waals surface area contributed by atoms with Crippen LogP contribution in [0.15, 0.2) is 23.0 Å². The molecule has 0 saturated carbocycles. The Labute approximate surface area is 142 Å². The molecule has 0 radical (unpaired) electrons. The number of rotatable bonds is 3. The number of aromatic nitrogens is 2. The number of piperidine rings is 1. The van der Waals surface area contributed by atoms with E-state index in [4.69, 9.17) is 9.84 Å². The molecular formula is C17H17F2N3O3. The molecule has 8 heteroatoms. The number of ether oxygens (including phenoxy) is 1. The molecule has 1 atom stereocenters. The normalized spacial score (nSPS) is 18.8. The molecule has 132 valence electrons. The third-order valence-corrected chi connectivity index (χ3v) is 4.71. The highest BCUT2D eigenvalue weighted by Gasteiger charge is 2.29. The maximum absolute atomic E-state index is 13.4. The first-order valence-electron chi connectivity index (χ1n) is 8.18. The lowest BCUT2D eigenvalue weighted by Crippen LogP contribution is -2.46. The molecule has 1 unspecified atom stereocenters. The highest BCUT2D eigenvalue weighted by atomic mass is 19.1. The second kappa shape index (κ2) is 6.02. The van der Waals surface area contributed by atoms with Gasteiger partial charge in [-0.3, -0.25) is 4.57 Å². The fraction of sp³-hybridized carbons (Fsp3) is 0.412. The van der Waals surface area contributed by atoms with E-state index in [2.05, 4.69) is 9.88 Å². The molecule has 1 N–H and O–H groups in total. The van der Waals surface area contributed by atoms with Crippen LogP contribution in [0.3, 0.4) is 0 Å². The largest absolute Gasteiger partial charge is 0.503 e. The predicted octanol–water partition coefficient (Wildman–Crippen LogP) is 2.04. The maximum Gasteiger partial charge on any atom is 0.352 e. The summed E-state index contributed by atoms with van der Waals surface area (Å²) in [5.41, 5.74) is -0.183. The molecule has 25 heavy (non-hydrogen) atoms. The number of phenolic OH excluding ortho intramolecular Hbond substituents is 1. The molecule has 3 heterocycles. The molecule has 0 amide bonds. The van der Waals surface area contributed by atoms with Gasteiger partial charge in [0.15, 0.2) is 17.4 Å². The Kier molecular flexibility index (Phi) is 3.82. The zero-order valence-corrected chi connectivity index (χ0v) is 13.4. The van der Waals surface area contributed by atoms with Crippen LogP contribution in [-0.4, -0.2) is 27.7 Å². The van der Waals surface area contributed by atoms with Crippen LogP contribution in [0, 0.1) is 17.6 Å². The first-order chi connectivity index (χ1) is 12.0. The monoisotopic (exact) mass is 349 g/mol. The summed E-state index contributed by atoms with van der Waals surface area (Å²) in [5.74, 6) is -1.78. The summed E-state index contributed by atoms with van der Waals surface area (Å²) in [7, 11) is 0. The lowest BCUT2D eigenvalue weighted by Gasteiger charge is -2.40. The van der Waals surface area contributed by atoms with E-state index in [0.29, 0.717) is 12.5 Å². The molecule has 1 aromatic carbocycles. The van der Waals surface area contributed by atoms with E-state index < -0.39 is 17.4 Å². The smallest absolute Gasteiger partial charge is 0.352 e. The van der Waals surface area contributed by atoms with Crippen LogP contribution in [0.5, 0.6) is 11.6 Å². The fourth-order valence-corrected chi connectivity index (χ4v) is 3.52. The zero-order chi connectivity index (χ0) is 17.6. The maximum atomic E-state index is 13.4. The molecule has 6 nitrogen and oxygen atoms in total. The van der Waals surface area contributed by atoms with Crippen molar-refractivity contribution < 1.29 is 18.6 Å². The topological polar surface area (TPSA) is 67.6 Å². The average Bonchev–Trinajstić information content (AvgIpc) is 2.59. The molecule has 1 fully saturated rings. The number of phenols is 1. The first kappa shape index (κ1) is 15.9. The van der Waals surface area contributed by atoms with Gasteiger partial charge in [0.2, 0.25) is 5.88 Å². The summed E-state index contributed by atoms with van der Waals surface area (Å²) >= 11 is 0. The predicted molar refractivity (Wildman–Crippen MR) is 85.8 cm³/mol. The number of hydrogen-bond acceptors (Lipinski definition) is 5. The van der Waals surface area contributed by atoms with Crippen molar-refractivity contribution in [1.29, 1.82) is 0 Å². The van der Waals surface area contributed by atoms with Gasteiger partial charge in [0.25, 0.3) is 0 Å². The van der Waals surface area contributed by atoms with Crippen molar-refractivity contribution in [3.8, 4) is 11.6 Å². The molecule has 4 rings (SSSR count). The summed E-state index contributed by atoms with van der Waals surface area (Å²) in [5, 5.41) is 9.12. The lowest BCUT2D eigenvalue weighted by molar-refractivity contribution is 0.281. The van der Waals surface area contributed by atoms with E-state index in [9.17, 15) is 13.6 Å². The van der Waals surface area contributed by atoms with Gasteiger partial charge in [-0.1, -0.05) is 0 Å². The van der Waals surface area contributed by atoms with Gasteiger partial charge in [-0.15, -0.1) is 0 Å². The van der Waals surface area contributed by atoms with Crippen LogP contribution in [0.2, 0.25) is 0 Å². The standard InChI is InChI=1S/C17H17F2N3O3/c18-12-4-11(5-13(19)16(12)23)9-25-14-6-15-21-3-1-2-10(7-21)8-22(15)17(24)20-14/h4-6,10,23H,1-3,7-9H2. The van der Waals surface area contributed by atoms with Gasteiger partial charge in [-0.2, -0.15) is 4.98 Å². The summed E-state index contributed by atoms with van der Waals surface area (Å²) in [6.45, 7) is 2.30. The van der Waals surface area contributed by atoms with Gasteiger partial charge in [0.1, 0.15) is 12.4 Å². The van der Waals surface area contributed by atoms with Gasteiger partial charge < -0.3 is 14.7 Å². The van der Waals surface area contributed by atoms with Crippen molar-refractivity contribution in [2.45, 2.75) is 26.0 Å². The van der Waals surface area contributed by atoms with E-state index in [1.165, 1.54) is 0 Å². The van der Waals surface area contributed by atoms with Crippen LogP contribution in [0.4, 0.5) is 14.6 Å². The van der Waals surface area contributed by atoms with E-state index in [0.717, 1.165) is 43.9 Å². The Hall–Kier alpha value is -2.64. The SMILES string of the molecule is O=c1nc(OCc2cc(F)c(O)c(F)c2)cc2n1CC1CCCN2C1. The van der Waals surface area contributed by atoms with Crippen LogP contribution < -0.4 is 15.3 Å². The highest BCUT2D eigenvalue weighted by Crippen LogP contribution is 2.30. The van der Waals surface area contributed by atoms with Gasteiger partial charge in [-0.05, 0) is 36.5 Å². The number of hydrogen-bond donors (Lipinski definition) is 1. The number of benzene rings is 1. The third kappa shape index (κ3) is 2.92. The van der Waals surface area contributed by atoms with Crippen molar-refractivity contribution in [2.24, 2.45) is 5.92 Å². The van der Waals surface area contributed by atoms with Crippen LogP contribution in [-0.2, 0) is 13.2 Å².